The average molecular weight is 680 g/mol. The van der Waals surface area contributed by atoms with Gasteiger partial charge in [0.15, 0.2) is 0 Å². The minimum Gasteiger partial charge on any atom is -0.397 e. The van der Waals surface area contributed by atoms with E-state index in [1.807, 2.05) is 67.8 Å². The molecule has 0 aliphatic rings. The van der Waals surface area contributed by atoms with Gasteiger partial charge in [0.2, 0.25) is 0 Å². The lowest BCUT2D eigenvalue weighted by Gasteiger charge is -2.22. The zero-order valence-electron chi connectivity index (χ0n) is 11.3. The number of amides is 1. The van der Waals surface area contributed by atoms with Gasteiger partial charge in [0, 0.05) is 3.57 Å². The fourth-order valence-electron chi connectivity index (χ4n) is 1.69. The van der Waals surface area contributed by atoms with Crippen LogP contribution in [0.4, 0.5) is 5.69 Å². The van der Waals surface area contributed by atoms with Crippen LogP contribution in [0, 0.1) is 10.7 Å². The van der Waals surface area contributed by atoms with Crippen molar-refractivity contribution in [3.8, 4) is 0 Å². The first-order valence-corrected chi connectivity index (χ1v) is 9.65. The third-order valence-corrected chi connectivity index (χ3v) is 6.45. The summed E-state index contributed by atoms with van der Waals surface area (Å²) in [6, 6.07) is -1.06. The number of benzene rings is 1. The SMILES string of the molecule is Nc1c(I)c(C(=O)Cl)c(I)c(C(=O)NC(CO)C(O)CO)c1I. The van der Waals surface area contributed by atoms with Gasteiger partial charge in [0.1, 0.15) is 0 Å². The highest BCUT2D eigenvalue weighted by atomic mass is 127. The van der Waals surface area contributed by atoms with Crippen molar-refractivity contribution in [1.82, 2.24) is 5.32 Å². The summed E-state index contributed by atoms with van der Waals surface area (Å²) in [7, 11) is 0. The van der Waals surface area contributed by atoms with E-state index in [9.17, 15) is 19.8 Å². The molecule has 23 heavy (non-hydrogen) atoms. The van der Waals surface area contributed by atoms with E-state index >= 15 is 0 Å². The fourth-order valence-corrected chi connectivity index (χ4v) is 6.34. The molecule has 6 N–H and O–H groups in total. The molecule has 0 heterocycles. The van der Waals surface area contributed by atoms with Crippen LogP contribution in [0.1, 0.15) is 20.7 Å². The number of nitrogens with two attached hydrogens (primary N) is 1. The Hall–Kier alpha value is 0.520. The topological polar surface area (TPSA) is 133 Å². The number of carbonyl (C=O) groups excluding carboxylic acids is 2. The summed E-state index contributed by atoms with van der Waals surface area (Å²) in [6.45, 7) is -1.19. The van der Waals surface area contributed by atoms with E-state index in [0.717, 1.165) is 0 Å². The lowest BCUT2D eigenvalue weighted by atomic mass is 10.1. The first-order valence-electron chi connectivity index (χ1n) is 6.03. The molecule has 1 aromatic carbocycles. The molecule has 0 aromatic heterocycles. The highest BCUT2D eigenvalue weighted by Crippen LogP contribution is 2.34. The monoisotopic (exact) mass is 680 g/mol. The van der Waals surface area contributed by atoms with Crippen molar-refractivity contribution in [2.45, 2.75) is 12.1 Å². The highest BCUT2D eigenvalue weighted by Gasteiger charge is 2.28. The Morgan fingerprint density at radius 3 is 2.04 bits per heavy atom. The highest BCUT2D eigenvalue weighted by molar-refractivity contribution is 14.1. The number of nitrogen functional groups attached to an aromatic ring is 1. The van der Waals surface area contributed by atoms with Gasteiger partial charge >= 0.3 is 0 Å². The normalized spacial score (nSPS) is 13.5. The number of nitrogens with one attached hydrogen (secondary N) is 1. The molecule has 1 aromatic rings. The van der Waals surface area contributed by atoms with Crippen LogP contribution in [-0.2, 0) is 0 Å². The molecule has 7 nitrogen and oxygen atoms in total. The molecule has 1 rings (SSSR count). The molecule has 0 aliphatic carbocycles. The van der Waals surface area contributed by atoms with E-state index in [1.54, 1.807) is 0 Å². The molecule has 2 unspecified atom stereocenters. The van der Waals surface area contributed by atoms with Crippen LogP contribution in [0.15, 0.2) is 0 Å². The Bertz CT molecular complexity index is 644. The second-order valence-electron chi connectivity index (χ2n) is 4.39. The zero-order valence-corrected chi connectivity index (χ0v) is 18.5. The number of aliphatic hydroxyl groups is 3. The molecule has 0 saturated heterocycles. The third kappa shape index (κ3) is 4.78. The number of hydrogen-bond acceptors (Lipinski definition) is 6. The number of halogens is 4. The predicted molar refractivity (Wildman–Crippen MR) is 111 cm³/mol. The summed E-state index contributed by atoms with van der Waals surface area (Å²) in [5, 5.41) is 29.4. The summed E-state index contributed by atoms with van der Waals surface area (Å²) in [5.41, 5.74) is 6.42. The number of carbonyl (C=O) groups is 2. The molecule has 0 spiro atoms. The first-order chi connectivity index (χ1) is 10.7. The molecule has 1 amide bonds. The maximum atomic E-state index is 12.5. The average Bonchev–Trinajstić information content (AvgIpc) is 2.49. The summed E-state index contributed by atoms with van der Waals surface area (Å²) in [4.78, 5) is 24.1. The van der Waals surface area contributed by atoms with Crippen molar-refractivity contribution >= 4 is 96.2 Å². The number of aliphatic hydroxyl groups excluding tert-OH is 3. The largest absolute Gasteiger partial charge is 0.397 e. The van der Waals surface area contributed by atoms with E-state index in [1.165, 1.54) is 0 Å². The standard InChI is InChI=1S/C12H12ClI3N2O5/c13-11(22)5-7(14)6(9(16)10(17)8(5)15)12(23)18-3(1-19)4(21)2-20/h3-4,19-21H,1-2,17H2,(H,18,23). The van der Waals surface area contributed by atoms with Crippen molar-refractivity contribution < 1.29 is 24.9 Å². The molecular formula is C12H12ClI3N2O5. The van der Waals surface area contributed by atoms with Crippen molar-refractivity contribution in [2.75, 3.05) is 18.9 Å². The van der Waals surface area contributed by atoms with Crippen molar-refractivity contribution in [3.63, 3.8) is 0 Å². The molecule has 2 atom stereocenters. The maximum absolute atomic E-state index is 12.5. The summed E-state index contributed by atoms with van der Waals surface area (Å²) < 4.78 is 1.19. The van der Waals surface area contributed by atoms with Crippen LogP contribution < -0.4 is 11.1 Å². The minimum absolute atomic E-state index is 0.122. The molecule has 128 valence electrons. The van der Waals surface area contributed by atoms with Gasteiger partial charge in [-0.3, -0.25) is 9.59 Å². The Balaban J connectivity index is 3.37. The fraction of sp³-hybridized carbons (Fsp3) is 0.333. The number of hydrogen-bond donors (Lipinski definition) is 5. The third-order valence-electron chi connectivity index (χ3n) is 2.94. The van der Waals surface area contributed by atoms with Gasteiger partial charge in [-0.2, -0.15) is 0 Å². The molecular weight excluding hydrogens is 668 g/mol. The van der Waals surface area contributed by atoms with Crippen molar-refractivity contribution in [1.29, 1.82) is 0 Å². The summed E-state index contributed by atoms with van der Waals surface area (Å²) in [5.74, 6) is -0.646. The van der Waals surface area contributed by atoms with E-state index in [4.69, 9.17) is 22.4 Å². The van der Waals surface area contributed by atoms with Gasteiger partial charge in [-0.05, 0) is 79.4 Å². The van der Waals surface area contributed by atoms with Gasteiger partial charge in [-0.1, -0.05) is 0 Å². The quantitative estimate of drug-likeness (QED) is 0.173. The molecule has 0 fully saturated rings. The van der Waals surface area contributed by atoms with E-state index in [-0.39, 0.29) is 16.8 Å². The number of rotatable bonds is 6. The second kappa shape index (κ2) is 9.28. The molecule has 0 saturated carbocycles. The predicted octanol–water partition coefficient (Wildman–Crippen LogP) is 0.905. The molecule has 0 bridgehead atoms. The van der Waals surface area contributed by atoms with Gasteiger partial charge in [0.05, 0.1) is 49.3 Å². The molecule has 11 heteroatoms. The smallest absolute Gasteiger partial charge is 0.254 e. The maximum Gasteiger partial charge on any atom is 0.254 e. The lowest BCUT2D eigenvalue weighted by molar-refractivity contribution is 0.0388. The van der Waals surface area contributed by atoms with Crippen LogP contribution >= 0.6 is 79.4 Å². The van der Waals surface area contributed by atoms with Crippen molar-refractivity contribution in [2.24, 2.45) is 0 Å². The second-order valence-corrected chi connectivity index (χ2v) is 7.97. The Morgan fingerprint density at radius 1 is 1.09 bits per heavy atom. The minimum atomic E-state index is -1.32. The van der Waals surface area contributed by atoms with Gasteiger partial charge in [-0.25, -0.2) is 0 Å². The van der Waals surface area contributed by atoms with Crippen molar-refractivity contribution in [3.05, 3.63) is 21.8 Å². The Labute approximate surface area is 177 Å². The first kappa shape index (κ1) is 21.6. The molecule has 0 radical (unpaired) electrons. The van der Waals surface area contributed by atoms with Crippen LogP contribution in [0.5, 0.6) is 0 Å². The van der Waals surface area contributed by atoms with Crippen LogP contribution in [0.2, 0.25) is 0 Å². The zero-order chi connectivity index (χ0) is 17.9. The summed E-state index contributed by atoms with van der Waals surface area (Å²) >= 11 is 11.1. The van der Waals surface area contributed by atoms with Crippen LogP contribution in [0.3, 0.4) is 0 Å². The van der Waals surface area contributed by atoms with Crippen LogP contribution in [-0.4, -0.2) is 51.8 Å². The van der Waals surface area contributed by atoms with E-state index in [0.29, 0.717) is 10.7 Å². The van der Waals surface area contributed by atoms with E-state index < -0.39 is 36.5 Å². The Kier molecular flexibility index (Phi) is 8.70. The van der Waals surface area contributed by atoms with E-state index in [2.05, 4.69) is 5.32 Å². The van der Waals surface area contributed by atoms with Gasteiger partial charge < -0.3 is 26.4 Å². The van der Waals surface area contributed by atoms with Gasteiger partial charge in [-0.15, -0.1) is 0 Å². The lowest BCUT2D eigenvalue weighted by Crippen LogP contribution is -2.47. The van der Waals surface area contributed by atoms with Gasteiger partial charge in [0.25, 0.3) is 11.1 Å². The number of anilines is 1. The van der Waals surface area contributed by atoms with Crippen LogP contribution in [0.25, 0.3) is 0 Å². The Morgan fingerprint density at radius 2 is 1.61 bits per heavy atom. The molecule has 0 aliphatic heterocycles. The summed E-state index contributed by atoms with van der Waals surface area (Å²) in [6.07, 6.45) is -1.32.